The number of benzene rings is 2. The maximum absolute atomic E-state index is 6.20. The van der Waals surface area contributed by atoms with Crippen LogP contribution in [0, 0.1) is 8.99 Å². The van der Waals surface area contributed by atoms with Crippen LogP contribution >= 0.6 is 34.8 Å². The summed E-state index contributed by atoms with van der Waals surface area (Å²) >= 11 is 7.81. The first-order valence-corrected chi connectivity index (χ1v) is 10.9. The highest BCUT2D eigenvalue weighted by molar-refractivity contribution is 14.1. The molecule has 0 bridgehead atoms. The lowest BCUT2D eigenvalue weighted by Crippen LogP contribution is -2.49. The van der Waals surface area contributed by atoms with Crippen LogP contribution in [0.3, 0.4) is 0 Å². The van der Waals surface area contributed by atoms with Gasteiger partial charge in [-0.15, -0.1) is 0 Å². The topological polar surface area (TPSA) is 21.3 Å². The van der Waals surface area contributed by atoms with Gasteiger partial charge in [-0.2, -0.15) is 0 Å². The highest BCUT2D eigenvalue weighted by atomic mass is 127. The third-order valence-corrected chi connectivity index (χ3v) is 7.34. The molecule has 26 heavy (non-hydrogen) atoms. The normalized spacial score (nSPS) is 27.6. The summed E-state index contributed by atoms with van der Waals surface area (Å²) in [4.78, 5) is 0. The van der Waals surface area contributed by atoms with Crippen LogP contribution in [0.2, 0.25) is 0 Å². The summed E-state index contributed by atoms with van der Waals surface area (Å²) in [6.45, 7) is 0. The number of thiocarbonyl (C=S) groups is 1. The Bertz CT molecular complexity index is 771. The predicted octanol–water partition coefficient (Wildman–Crippen LogP) is 6.51. The van der Waals surface area contributed by atoms with Crippen molar-refractivity contribution < 1.29 is 4.74 Å². The van der Waals surface area contributed by atoms with Crippen LogP contribution in [-0.4, -0.2) is 11.3 Å². The second-order valence-corrected chi connectivity index (χ2v) is 9.12. The van der Waals surface area contributed by atoms with E-state index in [1.807, 2.05) is 18.2 Å². The summed E-state index contributed by atoms with van der Waals surface area (Å²) in [5, 5.41) is 3.78. The molecule has 2 aromatic carbocycles. The van der Waals surface area contributed by atoms with Gasteiger partial charge in [-0.25, -0.2) is 0 Å². The molecular weight excluding hydrogens is 453 g/mol. The molecule has 0 aromatic heterocycles. The summed E-state index contributed by atoms with van der Waals surface area (Å²) in [6, 6.07) is 19.1. The Morgan fingerprint density at radius 3 is 2.27 bits per heavy atom. The molecular formula is C22H24INOS. The van der Waals surface area contributed by atoms with Gasteiger partial charge in [0, 0.05) is 8.99 Å². The molecule has 0 heterocycles. The fraction of sp³-hybridized carbons (Fsp3) is 0.409. The molecule has 0 radical (unpaired) electrons. The zero-order valence-corrected chi connectivity index (χ0v) is 17.8. The number of nitrogens with one attached hydrogen (secondary N) is 1. The summed E-state index contributed by atoms with van der Waals surface area (Å²) in [6.07, 6.45) is 7.72. The SMILES string of the molecule is S=C(Nc1ccccc1I)OC1CCC12CCC(c1ccccc1)CC2. The molecule has 1 unspecified atom stereocenters. The molecule has 1 atom stereocenters. The summed E-state index contributed by atoms with van der Waals surface area (Å²) in [5.74, 6) is 0.707. The highest BCUT2D eigenvalue weighted by Crippen LogP contribution is 2.55. The minimum Gasteiger partial charge on any atom is -0.467 e. The average molecular weight is 477 g/mol. The van der Waals surface area contributed by atoms with E-state index < -0.39 is 0 Å². The first-order valence-electron chi connectivity index (χ1n) is 9.43. The molecule has 2 fully saturated rings. The lowest BCUT2D eigenvalue weighted by molar-refractivity contribution is -0.0789. The molecule has 1 spiro atoms. The van der Waals surface area contributed by atoms with E-state index in [4.69, 9.17) is 17.0 Å². The Morgan fingerprint density at radius 1 is 0.962 bits per heavy atom. The van der Waals surface area contributed by atoms with Crippen LogP contribution in [0.5, 0.6) is 0 Å². The fourth-order valence-electron chi connectivity index (χ4n) is 4.51. The lowest BCUT2D eigenvalue weighted by atomic mass is 9.56. The van der Waals surface area contributed by atoms with Crippen molar-refractivity contribution in [3.8, 4) is 0 Å². The van der Waals surface area contributed by atoms with E-state index in [2.05, 4.69) is 64.3 Å². The van der Waals surface area contributed by atoms with E-state index in [-0.39, 0.29) is 6.10 Å². The zero-order chi connectivity index (χ0) is 18.0. The highest BCUT2D eigenvalue weighted by Gasteiger charge is 2.50. The minimum absolute atomic E-state index is 0.278. The molecule has 136 valence electrons. The Kier molecular flexibility index (Phi) is 5.50. The number of rotatable bonds is 3. The zero-order valence-electron chi connectivity index (χ0n) is 14.8. The van der Waals surface area contributed by atoms with Gasteiger partial charge in [0.2, 0.25) is 0 Å². The number of hydrogen-bond donors (Lipinski definition) is 1. The molecule has 4 rings (SSSR count). The monoisotopic (exact) mass is 477 g/mol. The molecule has 4 heteroatoms. The standard InChI is InChI=1S/C22H24INOS/c23-18-8-4-5-9-19(18)24-21(26)25-20-12-15-22(20)13-10-17(11-14-22)16-6-2-1-3-7-16/h1-9,17,20H,10-15H2,(H,24,26). The first kappa shape index (κ1) is 18.2. The van der Waals surface area contributed by atoms with Gasteiger partial charge in [0.1, 0.15) is 6.10 Å². The maximum Gasteiger partial charge on any atom is 0.261 e. The molecule has 2 saturated carbocycles. The van der Waals surface area contributed by atoms with Gasteiger partial charge in [0.25, 0.3) is 5.17 Å². The van der Waals surface area contributed by atoms with Crippen LogP contribution in [0.4, 0.5) is 5.69 Å². The number of hydrogen-bond acceptors (Lipinski definition) is 2. The molecule has 2 aromatic rings. The van der Waals surface area contributed by atoms with Crippen molar-refractivity contribution in [1.29, 1.82) is 0 Å². The van der Waals surface area contributed by atoms with E-state index in [9.17, 15) is 0 Å². The van der Waals surface area contributed by atoms with Crippen LogP contribution < -0.4 is 5.32 Å². The third-order valence-electron chi connectivity index (χ3n) is 6.20. The van der Waals surface area contributed by atoms with Crippen LogP contribution in [0.25, 0.3) is 0 Å². The smallest absolute Gasteiger partial charge is 0.261 e. The van der Waals surface area contributed by atoms with Crippen molar-refractivity contribution in [3.63, 3.8) is 0 Å². The minimum atomic E-state index is 0.278. The lowest BCUT2D eigenvalue weighted by Gasteiger charge is -2.52. The third kappa shape index (κ3) is 3.77. The fourth-order valence-corrected chi connectivity index (χ4v) is 5.26. The van der Waals surface area contributed by atoms with Gasteiger partial charge in [0.15, 0.2) is 0 Å². The Balaban J connectivity index is 1.33. The van der Waals surface area contributed by atoms with Gasteiger partial charge in [-0.1, -0.05) is 42.5 Å². The van der Waals surface area contributed by atoms with Gasteiger partial charge >= 0.3 is 0 Å². The van der Waals surface area contributed by atoms with Gasteiger partial charge in [-0.3, -0.25) is 0 Å². The van der Waals surface area contributed by atoms with Gasteiger partial charge < -0.3 is 10.1 Å². The number of halogens is 1. The maximum atomic E-state index is 6.20. The van der Waals surface area contributed by atoms with Crippen molar-refractivity contribution in [2.75, 3.05) is 5.32 Å². The summed E-state index contributed by atoms with van der Waals surface area (Å²) in [7, 11) is 0. The van der Waals surface area contributed by atoms with Crippen molar-refractivity contribution in [1.82, 2.24) is 0 Å². The second kappa shape index (κ2) is 7.85. The largest absolute Gasteiger partial charge is 0.467 e. The summed E-state index contributed by atoms with van der Waals surface area (Å²) in [5.41, 5.74) is 2.87. The molecule has 2 aliphatic rings. The molecule has 1 N–H and O–H groups in total. The molecule has 2 aliphatic carbocycles. The van der Waals surface area contributed by atoms with Crippen LogP contribution in [-0.2, 0) is 4.74 Å². The van der Waals surface area contributed by atoms with E-state index in [0.29, 0.717) is 16.5 Å². The van der Waals surface area contributed by atoms with E-state index >= 15 is 0 Å². The van der Waals surface area contributed by atoms with E-state index in [0.717, 1.165) is 15.7 Å². The Labute approximate surface area is 174 Å². The molecule has 0 aliphatic heterocycles. The second-order valence-electron chi connectivity index (χ2n) is 7.58. The van der Waals surface area contributed by atoms with Crippen molar-refractivity contribution >= 4 is 45.7 Å². The number of anilines is 1. The van der Waals surface area contributed by atoms with Crippen molar-refractivity contribution in [3.05, 3.63) is 63.7 Å². The Hall–Kier alpha value is -1.14. The summed E-state index contributed by atoms with van der Waals surface area (Å²) < 4.78 is 7.35. The molecule has 0 saturated heterocycles. The molecule has 2 nitrogen and oxygen atoms in total. The van der Waals surface area contributed by atoms with E-state index in [1.165, 1.54) is 37.7 Å². The first-order chi connectivity index (χ1) is 12.7. The predicted molar refractivity (Wildman–Crippen MR) is 120 cm³/mol. The molecule has 0 amide bonds. The van der Waals surface area contributed by atoms with Crippen LogP contribution in [0.15, 0.2) is 54.6 Å². The Morgan fingerprint density at radius 2 is 1.62 bits per heavy atom. The quantitative estimate of drug-likeness (QED) is 0.402. The van der Waals surface area contributed by atoms with Gasteiger partial charge in [0.05, 0.1) is 5.69 Å². The van der Waals surface area contributed by atoms with E-state index in [1.54, 1.807) is 0 Å². The average Bonchev–Trinajstić information content (AvgIpc) is 2.68. The van der Waals surface area contributed by atoms with Crippen molar-refractivity contribution in [2.45, 2.75) is 50.5 Å². The number of ether oxygens (including phenoxy) is 1. The van der Waals surface area contributed by atoms with Crippen LogP contribution in [0.1, 0.15) is 50.0 Å². The van der Waals surface area contributed by atoms with Gasteiger partial charge in [-0.05, 0) is 96.9 Å². The number of para-hydroxylation sites is 1. The van der Waals surface area contributed by atoms with Crippen molar-refractivity contribution in [2.24, 2.45) is 5.41 Å².